The van der Waals surface area contributed by atoms with Crippen molar-refractivity contribution in [1.82, 2.24) is 0 Å². The first kappa shape index (κ1) is 8.11. The molecule has 0 aliphatic carbocycles. The van der Waals surface area contributed by atoms with Crippen molar-refractivity contribution >= 4 is 36.0 Å². The molecule has 0 bridgehead atoms. The van der Waals surface area contributed by atoms with Crippen LogP contribution in [0.3, 0.4) is 0 Å². The number of hydrogen-bond donors (Lipinski definition) is 0. The van der Waals surface area contributed by atoms with Crippen LogP contribution in [0.25, 0.3) is 0 Å². The van der Waals surface area contributed by atoms with Gasteiger partial charge in [-0.05, 0) is 24.9 Å². The smallest absolute Gasteiger partial charge is 0.0614 e. The maximum Gasteiger partial charge on any atom is 0.0614 e. The zero-order valence-electron chi connectivity index (χ0n) is 4.14. The van der Waals surface area contributed by atoms with Crippen LogP contribution in [0.4, 0.5) is 0 Å². The van der Waals surface area contributed by atoms with E-state index in [1.807, 2.05) is 0 Å². The Morgan fingerprint density at radius 3 is 2.29 bits per heavy atom. The van der Waals surface area contributed by atoms with Gasteiger partial charge in [-0.15, -0.1) is 0 Å². The SMILES string of the molecule is C1CCSOC1.[Sn]. The molecular formula is C4H8OSSn. The van der Waals surface area contributed by atoms with Gasteiger partial charge in [-0.25, -0.2) is 0 Å². The molecule has 0 saturated carbocycles. The Balaban J connectivity index is 0.000000360. The van der Waals surface area contributed by atoms with Gasteiger partial charge in [0, 0.05) is 29.7 Å². The van der Waals surface area contributed by atoms with Crippen molar-refractivity contribution < 1.29 is 4.18 Å². The molecule has 0 spiro atoms. The molecule has 0 aromatic rings. The molecule has 0 atom stereocenters. The van der Waals surface area contributed by atoms with E-state index in [2.05, 4.69) is 0 Å². The summed E-state index contributed by atoms with van der Waals surface area (Å²) in [5, 5.41) is 0. The molecule has 1 aliphatic rings. The predicted octanol–water partition coefficient (Wildman–Crippen LogP) is 1.06. The Kier molecular flexibility index (Phi) is 6.08. The van der Waals surface area contributed by atoms with Crippen LogP contribution in [-0.2, 0) is 4.18 Å². The fourth-order valence-corrected chi connectivity index (χ4v) is 1.12. The maximum atomic E-state index is 4.99. The zero-order chi connectivity index (χ0) is 4.24. The van der Waals surface area contributed by atoms with Gasteiger partial charge in [-0.1, -0.05) is 0 Å². The van der Waals surface area contributed by atoms with Crippen molar-refractivity contribution in [1.29, 1.82) is 0 Å². The fraction of sp³-hybridized carbons (Fsp3) is 1.00. The molecule has 1 rings (SSSR count). The largest absolute Gasteiger partial charge is 0.315 e. The predicted molar refractivity (Wildman–Crippen MR) is 33.4 cm³/mol. The summed E-state index contributed by atoms with van der Waals surface area (Å²) in [7, 11) is 0. The summed E-state index contributed by atoms with van der Waals surface area (Å²) in [6.07, 6.45) is 2.59. The van der Waals surface area contributed by atoms with Crippen molar-refractivity contribution in [3.8, 4) is 0 Å². The summed E-state index contributed by atoms with van der Waals surface area (Å²) in [5.74, 6) is 1.19. The van der Waals surface area contributed by atoms with Crippen molar-refractivity contribution in [3.05, 3.63) is 0 Å². The molecular weight excluding hydrogens is 215 g/mol. The quantitative estimate of drug-likeness (QED) is 0.448. The molecule has 0 amide bonds. The fourth-order valence-electron chi connectivity index (χ4n) is 0.440. The summed E-state index contributed by atoms with van der Waals surface area (Å²) >= 11 is 1.59. The van der Waals surface area contributed by atoms with Gasteiger partial charge < -0.3 is 4.18 Å². The average molecular weight is 223 g/mol. The normalized spacial score (nSPS) is 20.6. The summed E-state index contributed by atoms with van der Waals surface area (Å²) in [6, 6.07) is 0. The molecule has 7 heavy (non-hydrogen) atoms. The van der Waals surface area contributed by atoms with Gasteiger partial charge in [-0.2, -0.15) is 0 Å². The second-order valence-corrected chi connectivity index (χ2v) is 2.23. The minimum absolute atomic E-state index is 0. The third kappa shape index (κ3) is 3.67. The van der Waals surface area contributed by atoms with Gasteiger partial charge in [0.15, 0.2) is 0 Å². The Bertz CT molecular complexity index is 27.2. The zero-order valence-corrected chi connectivity index (χ0v) is 7.82. The van der Waals surface area contributed by atoms with Gasteiger partial charge in [-0.3, -0.25) is 0 Å². The molecule has 1 aliphatic heterocycles. The maximum absolute atomic E-state index is 4.99. The van der Waals surface area contributed by atoms with Crippen molar-refractivity contribution in [2.24, 2.45) is 0 Å². The van der Waals surface area contributed by atoms with Crippen LogP contribution in [0.15, 0.2) is 0 Å². The molecule has 0 aromatic carbocycles. The van der Waals surface area contributed by atoms with E-state index in [-0.39, 0.29) is 23.9 Å². The topological polar surface area (TPSA) is 9.23 Å². The second-order valence-electron chi connectivity index (χ2n) is 1.35. The molecule has 0 unspecified atom stereocenters. The number of rotatable bonds is 0. The summed E-state index contributed by atoms with van der Waals surface area (Å²) in [5.41, 5.74) is 0. The monoisotopic (exact) mass is 224 g/mol. The molecule has 1 heterocycles. The van der Waals surface area contributed by atoms with Crippen LogP contribution in [-0.4, -0.2) is 36.3 Å². The minimum atomic E-state index is 0. The van der Waals surface area contributed by atoms with Crippen LogP contribution >= 0.6 is 12.0 Å². The summed E-state index contributed by atoms with van der Waals surface area (Å²) in [6.45, 7) is 0.963. The van der Waals surface area contributed by atoms with Gasteiger partial charge >= 0.3 is 0 Å². The first-order valence-electron chi connectivity index (χ1n) is 2.24. The molecule has 3 heteroatoms. The first-order valence-corrected chi connectivity index (χ1v) is 3.15. The Morgan fingerprint density at radius 1 is 1.29 bits per heavy atom. The van der Waals surface area contributed by atoms with Gasteiger partial charge in [0.25, 0.3) is 0 Å². The van der Waals surface area contributed by atoms with E-state index >= 15 is 0 Å². The van der Waals surface area contributed by atoms with E-state index < -0.39 is 0 Å². The molecule has 1 nitrogen and oxygen atoms in total. The standard InChI is InChI=1S/C4H8OS.Sn/c1-2-4-6-5-3-1;/h1-4H2;. The van der Waals surface area contributed by atoms with E-state index in [0.29, 0.717) is 0 Å². The van der Waals surface area contributed by atoms with Crippen molar-refractivity contribution in [2.45, 2.75) is 12.8 Å². The third-order valence-corrected chi connectivity index (χ3v) is 1.58. The first-order chi connectivity index (χ1) is 3.00. The van der Waals surface area contributed by atoms with Crippen LogP contribution in [0.5, 0.6) is 0 Å². The van der Waals surface area contributed by atoms with E-state index in [1.165, 1.54) is 18.6 Å². The molecule has 1 fully saturated rings. The average Bonchev–Trinajstić information content (AvgIpc) is 1.72. The Morgan fingerprint density at radius 2 is 2.14 bits per heavy atom. The molecule has 4 radical (unpaired) electrons. The Hall–Kier alpha value is 1.11. The van der Waals surface area contributed by atoms with Gasteiger partial charge in [0.05, 0.1) is 6.61 Å². The summed E-state index contributed by atoms with van der Waals surface area (Å²) in [4.78, 5) is 0. The van der Waals surface area contributed by atoms with E-state index in [1.54, 1.807) is 12.0 Å². The third-order valence-electron chi connectivity index (χ3n) is 0.789. The van der Waals surface area contributed by atoms with Crippen LogP contribution in [0.2, 0.25) is 0 Å². The summed E-state index contributed by atoms with van der Waals surface area (Å²) < 4.78 is 4.99. The van der Waals surface area contributed by atoms with Crippen molar-refractivity contribution in [2.75, 3.05) is 12.4 Å². The van der Waals surface area contributed by atoms with E-state index in [4.69, 9.17) is 4.18 Å². The van der Waals surface area contributed by atoms with Gasteiger partial charge in [0.2, 0.25) is 0 Å². The van der Waals surface area contributed by atoms with Gasteiger partial charge in [0.1, 0.15) is 0 Å². The van der Waals surface area contributed by atoms with E-state index in [9.17, 15) is 0 Å². The van der Waals surface area contributed by atoms with Crippen LogP contribution in [0, 0.1) is 0 Å². The molecule has 0 N–H and O–H groups in total. The molecule has 0 aromatic heterocycles. The molecule has 1 saturated heterocycles. The molecule has 40 valence electrons. The number of hydrogen-bond acceptors (Lipinski definition) is 2. The Labute approximate surface area is 65.4 Å². The van der Waals surface area contributed by atoms with Crippen LogP contribution < -0.4 is 0 Å². The minimum Gasteiger partial charge on any atom is -0.315 e. The second kappa shape index (κ2) is 5.25. The van der Waals surface area contributed by atoms with Crippen LogP contribution in [0.1, 0.15) is 12.8 Å². The van der Waals surface area contributed by atoms with Crippen molar-refractivity contribution in [3.63, 3.8) is 0 Å². The van der Waals surface area contributed by atoms with E-state index in [0.717, 1.165) is 6.61 Å².